The molecule has 0 aromatic carbocycles. The van der Waals surface area contributed by atoms with Crippen molar-refractivity contribution < 1.29 is 116 Å². The van der Waals surface area contributed by atoms with Crippen LogP contribution in [0.5, 0.6) is 0 Å². The third kappa shape index (κ3) is 11.8. The first kappa shape index (κ1) is 38.3. The van der Waals surface area contributed by atoms with Gasteiger partial charge in [-0.25, -0.2) is 22.0 Å². The lowest BCUT2D eigenvalue weighted by molar-refractivity contribution is -0.333. The molecule has 0 amide bonds. The van der Waals surface area contributed by atoms with Gasteiger partial charge in [0.15, 0.2) is 23.9 Å². The van der Waals surface area contributed by atoms with E-state index in [1.54, 1.807) is 0 Å². The number of ether oxygens (including phenoxy) is 4. The Balaban J connectivity index is 2.63. The van der Waals surface area contributed by atoms with E-state index in [0.29, 0.717) is 0 Å². The van der Waals surface area contributed by atoms with Gasteiger partial charge in [-0.05, 0) is 0 Å². The summed E-state index contributed by atoms with van der Waals surface area (Å²) >= 11 is 0. The summed E-state index contributed by atoms with van der Waals surface area (Å²) < 4.78 is 190. The molecule has 0 bridgehead atoms. The topological polar surface area (TPSA) is 395 Å². The number of hydrogen-bond acceptors (Lipinski definition) is 22. The lowest BCUT2D eigenvalue weighted by Crippen LogP contribution is -2.64. The molecule has 2 aliphatic rings. The highest BCUT2D eigenvalue weighted by Crippen LogP contribution is 2.36. The molecule has 7 N–H and O–H groups in total. The summed E-state index contributed by atoms with van der Waals surface area (Å²) in [5.74, 6) is 0. The van der Waals surface area contributed by atoms with Crippen LogP contribution in [0.4, 0.5) is 0 Å². The molecule has 31 heteroatoms. The molecule has 0 saturated carbocycles. The molecule has 9 unspecified atom stereocenters. The second-order valence-electron chi connectivity index (χ2n) is 7.91. The highest BCUT2D eigenvalue weighted by Gasteiger charge is 2.60. The third-order valence-electron chi connectivity index (χ3n) is 5.08. The van der Waals surface area contributed by atoms with Gasteiger partial charge in [0.2, 0.25) is 0 Å². The van der Waals surface area contributed by atoms with E-state index in [-0.39, 0.29) is 0 Å². The lowest BCUT2D eigenvalue weighted by atomic mass is 10.1. The van der Waals surface area contributed by atoms with Gasteiger partial charge in [-0.2, -0.15) is 42.1 Å². The first-order valence-electron chi connectivity index (χ1n) is 10.4. The summed E-state index contributed by atoms with van der Waals surface area (Å²) in [6.07, 6.45) is -19.6. The quantitative estimate of drug-likeness (QED) is 0.0335. The van der Waals surface area contributed by atoms with Gasteiger partial charge in [-0.1, -0.05) is 0 Å². The third-order valence-corrected chi connectivity index (χ3v) is 8.24. The molecule has 256 valence electrons. The van der Waals surface area contributed by atoms with Gasteiger partial charge in [0.25, 0.3) is 0 Å². The SMILES string of the molecule is O=S(=O)(O)OCC1OC(COS(=O)(=O)O)C(OC2OC(OCO)C(OS(=O)(=O)O)C(OS(=O)(=O)O)C2S(=O)(=O)OO)C1O. The van der Waals surface area contributed by atoms with E-state index in [1.807, 2.05) is 0 Å². The molecule has 9 atom stereocenters. The van der Waals surface area contributed by atoms with Gasteiger partial charge in [0, 0.05) is 0 Å². The van der Waals surface area contributed by atoms with Crippen LogP contribution in [0.25, 0.3) is 0 Å². The minimum Gasteiger partial charge on any atom is -0.387 e. The molecule has 43 heavy (non-hydrogen) atoms. The average Bonchev–Trinajstić information content (AvgIpc) is 3.10. The van der Waals surface area contributed by atoms with Crippen molar-refractivity contribution in [3.63, 3.8) is 0 Å². The van der Waals surface area contributed by atoms with Crippen LogP contribution in [-0.2, 0) is 91.7 Å². The van der Waals surface area contributed by atoms with E-state index in [0.717, 1.165) is 0 Å². The first-order chi connectivity index (χ1) is 19.4. The van der Waals surface area contributed by atoms with Gasteiger partial charge in [0.1, 0.15) is 37.3 Å². The fourth-order valence-electron chi connectivity index (χ4n) is 3.66. The molecule has 0 aromatic rings. The zero-order valence-corrected chi connectivity index (χ0v) is 24.3. The molecule has 0 aromatic heterocycles. The minimum atomic E-state index is -5.85. The van der Waals surface area contributed by atoms with Crippen molar-refractivity contribution in [3.8, 4) is 0 Å². The van der Waals surface area contributed by atoms with Crippen LogP contribution in [0.1, 0.15) is 0 Å². The molecule has 2 fully saturated rings. The largest absolute Gasteiger partial charge is 0.397 e. The highest BCUT2D eigenvalue weighted by atomic mass is 32.3. The second-order valence-corrected chi connectivity index (χ2v) is 13.9. The Labute approximate surface area is 241 Å². The summed E-state index contributed by atoms with van der Waals surface area (Å²) in [5, 5.41) is 25.7. The monoisotopic (exact) mass is 742 g/mol. The fourth-order valence-corrected chi connectivity index (χ4v) is 6.37. The van der Waals surface area contributed by atoms with Gasteiger partial charge >= 0.3 is 51.7 Å². The van der Waals surface area contributed by atoms with Crippen molar-refractivity contribution >= 4 is 51.7 Å². The lowest BCUT2D eigenvalue weighted by Gasteiger charge is -2.43. The molecule has 2 rings (SSSR count). The Bertz CT molecular complexity index is 1480. The molecular formula is C12H22O26S5. The van der Waals surface area contributed by atoms with E-state index in [2.05, 4.69) is 25.8 Å². The molecule has 2 heterocycles. The first-order valence-corrected chi connectivity index (χ1v) is 17.3. The molecule has 0 spiro atoms. The fraction of sp³-hybridized carbons (Fsp3) is 1.00. The van der Waals surface area contributed by atoms with Crippen LogP contribution in [0, 0.1) is 0 Å². The van der Waals surface area contributed by atoms with Crippen LogP contribution in [-0.4, -0.2) is 150 Å². The normalized spacial score (nSPS) is 33.0. The zero-order chi connectivity index (χ0) is 33.2. The van der Waals surface area contributed by atoms with Crippen LogP contribution in [0.3, 0.4) is 0 Å². The van der Waals surface area contributed by atoms with Crippen molar-refractivity contribution in [2.75, 3.05) is 20.0 Å². The summed E-state index contributed by atoms with van der Waals surface area (Å²) in [4.78, 5) is 0. The number of aliphatic hydroxyl groups is 2. The maximum absolute atomic E-state index is 12.6. The standard InChI is InChI=1S/C12H22O26S5/c13-3-30-11-9(37-43(27,28)29)8(36-42(24,25)26)10(39(16,17)38-15)12(35-11)34-7-5(2-32-41(21,22)23)33-4(6(7)14)1-31-40(18,19)20/h4-15H,1-3H2,(H,18,19,20)(H,21,22,23)(H,24,25,26)(H,27,28,29). The van der Waals surface area contributed by atoms with Gasteiger partial charge in [-0.3, -0.25) is 18.2 Å². The van der Waals surface area contributed by atoms with E-state index in [1.165, 1.54) is 0 Å². The van der Waals surface area contributed by atoms with E-state index in [9.17, 15) is 51.7 Å². The Hall–Kier alpha value is -0.890. The highest BCUT2D eigenvalue weighted by molar-refractivity contribution is 7.87. The molecule has 0 aliphatic carbocycles. The van der Waals surface area contributed by atoms with Crippen molar-refractivity contribution in [1.29, 1.82) is 0 Å². The zero-order valence-electron chi connectivity index (χ0n) is 20.2. The van der Waals surface area contributed by atoms with Crippen LogP contribution in [0.2, 0.25) is 0 Å². The van der Waals surface area contributed by atoms with Gasteiger partial charge in [0.05, 0.1) is 13.2 Å². The minimum absolute atomic E-state index is 1.25. The van der Waals surface area contributed by atoms with E-state index >= 15 is 0 Å². The Morgan fingerprint density at radius 2 is 1.12 bits per heavy atom. The molecule has 2 saturated heterocycles. The molecular weight excluding hydrogens is 720 g/mol. The summed E-state index contributed by atoms with van der Waals surface area (Å²) in [7, 11) is -27.8. The van der Waals surface area contributed by atoms with Gasteiger partial charge in [-0.15, -0.1) is 4.33 Å². The molecule has 0 radical (unpaired) electrons. The van der Waals surface area contributed by atoms with Crippen molar-refractivity contribution in [2.24, 2.45) is 0 Å². The maximum Gasteiger partial charge on any atom is 0.397 e. The predicted molar refractivity (Wildman–Crippen MR) is 121 cm³/mol. The van der Waals surface area contributed by atoms with Crippen molar-refractivity contribution in [3.05, 3.63) is 0 Å². The van der Waals surface area contributed by atoms with Crippen molar-refractivity contribution in [2.45, 2.75) is 54.5 Å². The van der Waals surface area contributed by atoms with Crippen LogP contribution < -0.4 is 0 Å². The second kappa shape index (κ2) is 14.3. The van der Waals surface area contributed by atoms with Gasteiger partial charge < -0.3 is 29.2 Å². The summed E-state index contributed by atoms with van der Waals surface area (Å²) in [6, 6.07) is 0. The summed E-state index contributed by atoms with van der Waals surface area (Å²) in [5.41, 5.74) is 0. The smallest absolute Gasteiger partial charge is 0.387 e. The average molecular weight is 743 g/mol. The molecule has 26 nitrogen and oxygen atoms in total. The number of rotatable bonds is 16. The van der Waals surface area contributed by atoms with E-state index < -0.39 is 126 Å². The predicted octanol–water partition coefficient (Wildman–Crippen LogP) is -5.65. The molecule has 2 aliphatic heterocycles. The number of aliphatic hydroxyl groups excluding tert-OH is 2. The maximum atomic E-state index is 12.6. The summed E-state index contributed by atoms with van der Waals surface area (Å²) in [6.45, 7) is -4.03. The Morgan fingerprint density at radius 1 is 0.628 bits per heavy atom. The van der Waals surface area contributed by atoms with Crippen LogP contribution in [0.15, 0.2) is 0 Å². The van der Waals surface area contributed by atoms with Crippen LogP contribution >= 0.6 is 0 Å². The number of hydrogen-bond donors (Lipinski definition) is 7. The Morgan fingerprint density at radius 3 is 1.56 bits per heavy atom. The van der Waals surface area contributed by atoms with E-state index in [4.69, 9.17) is 38.2 Å². The Kier molecular flexibility index (Phi) is 12.7. The van der Waals surface area contributed by atoms with Crippen molar-refractivity contribution in [1.82, 2.24) is 0 Å².